The first-order chi connectivity index (χ1) is 10.2. The molecular formula is C15H9FN2OS2. The van der Waals surface area contributed by atoms with Crippen molar-refractivity contribution in [3.8, 4) is 10.6 Å². The molecule has 2 heterocycles. The lowest BCUT2D eigenvalue weighted by Crippen LogP contribution is -1.89. The van der Waals surface area contributed by atoms with Crippen LogP contribution in [-0.4, -0.2) is 15.8 Å². The van der Waals surface area contributed by atoms with Gasteiger partial charge in [-0.1, -0.05) is 0 Å². The number of nitrogens with zero attached hydrogens (tertiary/aromatic N) is 2. The van der Waals surface area contributed by atoms with Gasteiger partial charge < -0.3 is 0 Å². The van der Waals surface area contributed by atoms with Gasteiger partial charge in [0.2, 0.25) is 0 Å². The molecule has 6 heteroatoms. The van der Waals surface area contributed by atoms with Crippen LogP contribution in [0.5, 0.6) is 0 Å². The fourth-order valence-corrected chi connectivity index (χ4v) is 3.00. The van der Waals surface area contributed by atoms with Crippen molar-refractivity contribution in [1.82, 2.24) is 9.97 Å². The third kappa shape index (κ3) is 3.29. The SMILES string of the molecule is O=C(/C=C/c1csc(-c2ccc(F)cc2)n1)c1cncs1. The Labute approximate surface area is 128 Å². The van der Waals surface area contributed by atoms with Crippen LogP contribution in [0.15, 0.2) is 47.4 Å². The normalized spacial score (nSPS) is 11.1. The van der Waals surface area contributed by atoms with E-state index in [1.807, 2.05) is 5.38 Å². The van der Waals surface area contributed by atoms with E-state index in [4.69, 9.17) is 0 Å². The Morgan fingerprint density at radius 3 is 2.71 bits per heavy atom. The fourth-order valence-electron chi connectivity index (χ4n) is 1.67. The maximum Gasteiger partial charge on any atom is 0.197 e. The fraction of sp³-hybridized carbons (Fsp3) is 0. The first-order valence-corrected chi connectivity index (χ1v) is 7.81. The van der Waals surface area contributed by atoms with Gasteiger partial charge in [-0.3, -0.25) is 9.78 Å². The van der Waals surface area contributed by atoms with E-state index >= 15 is 0 Å². The van der Waals surface area contributed by atoms with Crippen LogP contribution < -0.4 is 0 Å². The third-order valence-corrected chi connectivity index (χ3v) is 4.39. The highest BCUT2D eigenvalue weighted by molar-refractivity contribution is 7.13. The number of halogens is 1. The summed E-state index contributed by atoms with van der Waals surface area (Å²) in [6.07, 6.45) is 4.70. The standard InChI is InChI=1S/C15H9FN2OS2/c16-11-3-1-10(2-4-11)15-18-12(8-20-15)5-6-13(19)14-7-17-9-21-14/h1-9H/b6-5+. The van der Waals surface area contributed by atoms with Crippen LogP contribution in [0.3, 0.4) is 0 Å². The molecule has 0 amide bonds. The van der Waals surface area contributed by atoms with Crippen molar-refractivity contribution in [2.75, 3.05) is 0 Å². The summed E-state index contributed by atoms with van der Waals surface area (Å²) < 4.78 is 12.9. The van der Waals surface area contributed by atoms with Crippen molar-refractivity contribution in [2.24, 2.45) is 0 Å². The zero-order chi connectivity index (χ0) is 14.7. The van der Waals surface area contributed by atoms with E-state index in [2.05, 4.69) is 9.97 Å². The Kier molecular flexibility index (Phi) is 3.98. The van der Waals surface area contributed by atoms with Gasteiger partial charge in [-0.15, -0.1) is 22.7 Å². The number of aromatic nitrogens is 2. The predicted molar refractivity (Wildman–Crippen MR) is 83.0 cm³/mol. The van der Waals surface area contributed by atoms with Crippen molar-refractivity contribution in [2.45, 2.75) is 0 Å². The first kappa shape index (κ1) is 13.8. The molecule has 0 N–H and O–H groups in total. The summed E-state index contributed by atoms with van der Waals surface area (Å²) in [6.45, 7) is 0. The molecule has 0 radical (unpaired) electrons. The number of rotatable bonds is 4. The van der Waals surface area contributed by atoms with Gasteiger partial charge in [0.1, 0.15) is 10.8 Å². The highest BCUT2D eigenvalue weighted by Crippen LogP contribution is 2.24. The summed E-state index contributed by atoms with van der Waals surface area (Å²) >= 11 is 2.76. The Morgan fingerprint density at radius 2 is 2.00 bits per heavy atom. The van der Waals surface area contributed by atoms with Gasteiger partial charge >= 0.3 is 0 Å². The smallest absolute Gasteiger partial charge is 0.197 e. The number of thiazole rings is 2. The highest BCUT2D eigenvalue weighted by atomic mass is 32.1. The van der Waals surface area contributed by atoms with Gasteiger partial charge in [0.25, 0.3) is 0 Å². The molecule has 0 unspecified atom stereocenters. The Balaban J connectivity index is 1.76. The topological polar surface area (TPSA) is 42.9 Å². The summed E-state index contributed by atoms with van der Waals surface area (Å²) in [5.41, 5.74) is 3.18. The van der Waals surface area contributed by atoms with E-state index in [0.717, 1.165) is 10.6 Å². The van der Waals surface area contributed by atoms with Crippen molar-refractivity contribution >= 4 is 34.5 Å². The maximum atomic E-state index is 12.9. The molecule has 21 heavy (non-hydrogen) atoms. The van der Waals surface area contributed by atoms with Crippen molar-refractivity contribution in [3.63, 3.8) is 0 Å². The van der Waals surface area contributed by atoms with Crippen LogP contribution >= 0.6 is 22.7 Å². The first-order valence-electron chi connectivity index (χ1n) is 6.05. The minimum atomic E-state index is -0.273. The number of benzene rings is 1. The van der Waals surface area contributed by atoms with E-state index in [9.17, 15) is 9.18 Å². The number of ketones is 1. The zero-order valence-corrected chi connectivity index (χ0v) is 12.3. The van der Waals surface area contributed by atoms with Gasteiger partial charge in [-0.25, -0.2) is 9.37 Å². The van der Waals surface area contributed by atoms with E-state index < -0.39 is 0 Å². The molecule has 0 aliphatic carbocycles. The molecule has 0 aliphatic heterocycles. The zero-order valence-electron chi connectivity index (χ0n) is 10.7. The summed E-state index contributed by atoms with van der Waals surface area (Å²) in [6, 6.07) is 6.17. The van der Waals surface area contributed by atoms with Crippen molar-refractivity contribution in [1.29, 1.82) is 0 Å². The Bertz CT molecular complexity index is 776. The molecule has 104 valence electrons. The largest absolute Gasteiger partial charge is 0.288 e. The number of hydrogen-bond acceptors (Lipinski definition) is 5. The Morgan fingerprint density at radius 1 is 1.19 bits per heavy atom. The van der Waals surface area contributed by atoms with Crippen LogP contribution in [0.2, 0.25) is 0 Å². The molecule has 2 aromatic heterocycles. The van der Waals surface area contributed by atoms with E-state index in [1.165, 1.54) is 40.9 Å². The Hall–Kier alpha value is -2.18. The minimum absolute atomic E-state index is 0.0890. The van der Waals surface area contributed by atoms with Crippen molar-refractivity contribution < 1.29 is 9.18 Å². The number of allylic oxidation sites excluding steroid dienone is 1. The number of carbonyl (C=O) groups is 1. The van der Waals surface area contributed by atoms with Crippen LogP contribution in [0.1, 0.15) is 15.4 Å². The molecule has 3 aromatic rings. The van der Waals surface area contributed by atoms with Gasteiger partial charge in [-0.05, 0) is 36.4 Å². The number of carbonyl (C=O) groups excluding carboxylic acids is 1. The van der Waals surface area contributed by atoms with Gasteiger partial charge in [0.05, 0.1) is 16.1 Å². The van der Waals surface area contributed by atoms with Gasteiger partial charge in [0, 0.05) is 17.1 Å². The molecule has 0 saturated carbocycles. The molecule has 0 fully saturated rings. The quantitative estimate of drug-likeness (QED) is 0.532. The summed E-state index contributed by atoms with van der Waals surface area (Å²) in [7, 11) is 0. The molecular weight excluding hydrogens is 307 g/mol. The second-order valence-electron chi connectivity index (χ2n) is 4.15. The minimum Gasteiger partial charge on any atom is -0.288 e. The maximum absolute atomic E-state index is 12.9. The summed E-state index contributed by atoms with van der Waals surface area (Å²) in [4.78, 5) is 20.7. The molecule has 0 spiro atoms. The average Bonchev–Trinajstić information content (AvgIpc) is 3.17. The second-order valence-corrected chi connectivity index (χ2v) is 5.89. The summed E-state index contributed by atoms with van der Waals surface area (Å²) in [5.74, 6) is -0.362. The molecule has 0 bridgehead atoms. The molecule has 1 aromatic carbocycles. The molecule has 0 aliphatic rings. The molecule has 3 nitrogen and oxygen atoms in total. The third-order valence-electron chi connectivity index (χ3n) is 2.69. The lowest BCUT2D eigenvalue weighted by molar-refractivity contribution is 0.105. The molecule has 3 rings (SSSR count). The number of hydrogen-bond donors (Lipinski definition) is 0. The van der Waals surface area contributed by atoms with Crippen LogP contribution in [0.4, 0.5) is 4.39 Å². The van der Waals surface area contributed by atoms with Crippen LogP contribution in [-0.2, 0) is 0 Å². The van der Waals surface area contributed by atoms with Crippen LogP contribution in [0, 0.1) is 5.82 Å². The molecule has 0 atom stereocenters. The van der Waals surface area contributed by atoms with E-state index in [-0.39, 0.29) is 11.6 Å². The second kappa shape index (κ2) is 6.07. The lowest BCUT2D eigenvalue weighted by atomic mass is 10.2. The van der Waals surface area contributed by atoms with E-state index in [0.29, 0.717) is 10.6 Å². The lowest BCUT2D eigenvalue weighted by Gasteiger charge is -1.94. The average molecular weight is 316 g/mol. The van der Waals surface area contributed by atoms with Gasteiger partial charge in [-0.2, -0.15) is 0 Å². The van der Waals surface area contributed by atoms with Crippen molar-refractivity contribution in [3.05, 3.63) is 63.8 Å². The van der Waals surface area contributed by atoms with Crippen LogP contribution in [0.25, 0.3) is 16.6 Å². The predicted octanol–water partition coefficient (Wildman–Crippen LogP) is 4.30. The monoisotopic (exact) mass is 316 g/mol. The highest BCUT2D eigenvalue weighted by Gasteiger charge is 2.05. The van der Waals surface area contributed by atoms with E-state index in [1.54, 1.807) is 29.9 Å². The summed E-state index contributed by atoms with van der Waals surface area (Å²) in [5, 5.41) is 2.65. The van der Waals surface area contributed by atoms with Gasteiger partial charge in [0.15, 0.2) is 5.78 Å². The molecule has 0 saturated heterocycles.